The van der Waals surface area contributed by atoms with Gasteiger partial charge in [0.25, 0.3) is 0 Å². The average molecular weight is 495 g/mol. The van der Waals surface area contributed by atoms with E-state index >= 15 is 0 Å². The summed E-state index contributed by atoms with van der Waals surface area (Å²) in [6.45, 7) is 4.86. The Balaban J connectivity index is 3.28. The fourth-order valence-corrected chi connectivity index (χ4v) is 3.19. The zero-order valence-electron chi connectivity index (χ0n) is 16.2. The Bertz CT molecular complexity index is 975. The number of allylic oxidation sites excluding steroid dienone is 5. The molecule has 0 saturated carbocycles. The van der Waals surface area contributed by atoms with Gasteiger partial charge in [0.2, 0.25) is 0 Å². The third-order valence-electron chi connectivity index (χ3n) is 3.87. The van der Waals surface area contributed by atoms with Crippen molar-refractivity contribution in [2.45, 2.75) is 24.9 Å². The van der Waals surface area contributed by atoms with Crippen molar-refractivity contribution in [3.63, 3.8) is 0 Å². The minimum atomic E-state index is -5.84. The molecule has 0 aliphatic carbocycles. The third kappa shape index (κ3) is 6.85. The van der Waals surface area contributed by atoms with E-state index in [4.69, 9.17) is 0 Å². The van der Waals surface area contributed by atoms with Crippen LogP contribution in [0, 0.1) is 5.92 Å². The van der Waals surface area contributed by atoms with Gasteiger partial charge in [0.15, 0.2) is 0 Å². The van der Waals surface area contributed by atoms with Crippen molar-refractivity contribution in [1.29, 1.82) is 0 Å². The quantitative estimate of drug-likeness (QED) is 0.292. The summed E-state index contributed by atoms with van der Waals surface area (Å²) < 4.78 is 123. The maximum absolute atomic E-state index is 12.6. The monoisotopic (exact) mass is 495 g/mol. The first-order chi connectivity index (χ1) is 14.1. The Labute approximate surface area is 175 Å². The molecule has 176 valence electrons. The van der Waals surface area contributed by atoms with Gasteiger partial charge in [-0.25, -0.2) is 4.31 Å². The second kappa shape index (κ2) is 9.89. The summed E-state index contributed by atoms with van der Waals surface area (Å²) in [5.74, 6) is -1.05. The van der Waals surface area contributed by atoms with Crippen LogP contribution in [0.1, 0.15) is 13.8 Å². The van der Waals surface area contributed by atoms with Crippen LogP contribution in [0.3, 0.4) is 0 Å². The molecule has 0 saturated heterocycles. The highest BCUT2D eigenvalue weighted by atomic mass is 32.2. The van der Waals surface area contributed by atoms with Gasteiger partial charge in [-0.1, -0.05) is 18.2 Å². The molecule has 31 heavy (non-hydrogen) atoms. The highest BCUT2D eigenvalue weighted by Crippen LogP contribution is 2.30. The molecular weight excluding hydrogens is 476 g/mol. The van der Waals surface area contributed by atoms with Gasteiger partial charge >= 0.3 is 31.1 Å². The zero-order chi connectivity index (χ0) is 24.1. The Kier molecular flexibility index (Phi) is 8.53. The van der Waals surface area contributed by atoms with Crippen molar-refractivity contribution >= 4 is 26.3 Å². The van der Waals surface area contributed by atoms with E-state index in [9.17, 15) is 43.2 Å². The molecule has 0 spiro atoms. The first kappa shape index (κ1) is 26.7. The Morgan fingerprint density at radius 3 is 1.94 bits per heavy atom. The number of hydrogen-bond acceptors (Lipinski definition) is 5. The first-order valence-corrected chi connectivity index (χ1v) is 11.4. The molecule has 0 bridgehead atoms. The lowest BCUT2D eigenvalue weighted by molar-refractivity contribution is -0.0469. The van der Waals surface area contributed by atoms with E-state index in [1.807, 2.05) is 13.8 Å². The van der Waals surface area contributed by atoms with Gasteiger partial charge in [0.05, 0.1) is 0 Å². The standard InChI is InChI=1S/C16H19F6N3O4S2/c1-3-24(4-2)9-5-6-14(12-23-30(26,27)15(17,18)19)13-7-10-25(11-8-13)31(28,29)16(20,21)22/h5-13H,3-4H2,1-2H3/b9-5+,14-6-,23-12-. The van der Waals surface area contributed by atoms with E-state index in [0.29, 0.717) is 31.7 Å². The topological polar surface area (TPSA) is 87.1 Å². The molecule has 1 rings (SSSR count). The molecule has 0 aromatic rings. The summed E-state index contributed by atoms with van der Waals surface area (Å²) in [7, 11) is -11.5. The predicted molar refractivity (Wildman–Crippen MR) is 102 cm³/mol. The fourth-order valence-electron chi connectivity index (χ4n) is 2.11. The molecule has 0 atom stereocenters. The van der Waals surface area contributed by atoms with Crippen molar-refractivity contribution in [2.24, 2.45) is 10.3 Å². The van der Waals surface area contributed by atoms with E-state index in [1.54, 1.807) is 11.1 Å². The molecule has 0 amide bonds. The summed E-state index contributed by atoms with van der Waals surface area (Å²) in [5, 5.41) is 0. The van der Waals surface area contributed by atoms with E-state index in [1.165, 1.54) is 12.2 Å². The third-order valence-corrected chi connectivity index (χ3v) is 6.22. The summed E-state index contributed by atoms with van der Waals surface area (Å²) in [6.07, 6.45) is 7.55. The van der Waals surface area contributed by atoms with Crippen LogP contribution in [-0.4, -0.2) is 56.4 Å². The van der Waals surface area contributed by atoms with E-state index < -0.39 is 37.0 Å². The lowest BCUT2D eigenvalue weighted by Crippen LogP contribution is -2.35. The molecule has 0 aromatic heterocycles. The summed E-state index contributed by atoms with van der Waals surface area (Å²) >= 11 is 0. The molecule has 0 unspecified atom stereocenters. The van der Waals surface area contributed by atoms with Gasteiger partial charge in [-0.3, -0.25) is 0 Å². The van der Waals surface area contributed by atoms with E-state index in [2.05, 4.69) is 4.40 Å². The molecule has 7 nitrogen and oxygen atoms in total. The van der Waals surface area contributed by atoms with Crippen LogP contribution in [0.5, 0.6) is 0 Å². The Morgan fingerprint density at radius 2 is 1.52 bits per heavy atom. The van der Waals surface area contributed by atoms with Crippen LogP contribution < -0.4 is 0 Å². The fraction of sp³-hybridized carbons (Fsp3) is 0.438. The highest BCUT2D eigenvalue weighted by molar-refractivity contribution is 7.91. The Hall–Kier alpha value is -2.29. The number of nitrogens with zero attached hydrogens (tertiary/aromatic N) is 3. The summed E-state index contributed by atoms with van der Waals surface area (Å²) in [4.78, 5) is 1.79. The molecule has 15 heteroatoms. The summed E-state index contributed by atoms with van der Waals surface area (Å²) in [5.41, 5.74) is -11.4. The minimum Gasteiger partial charge on any atom is -0.378 e. The number of hydrogen-bond donors (Lipinski definition) is 0. The molecule has 1 heterocycles. The second-order valence-corrected chi connectivity index (χ2v) is 9.33. The summed E-state index contributed by atoms with van der Waals surface area (Å²) in [6, 6.07) is 0. The van der Waals surface area contributed by atoms with Gasteiger partial charge in [-0.2, -0.15) is 47.6 Å². The van der Waals surface area contributed by atoms with Crippen molar-refractivity contribution in [2.75, 3.05) is 13.1 Å². The zero-order valence-corrected chi connectivity index (χ0v) is 17.8. The molecular formula is C16H19F6N3O4S2. The molecule has 0 N–H and O–H groups in total. The van der Waals surface area contributed by atoms with E-state index in [-0.39, 0.29) is 9.88 Å². The van der Waals surface area contributed by atoms with Gasteiger partial charge in [-0.05, 0) is 31.7 Å². The number of halogens is 6. The van der Waals surface area contributed by atoms with E-state index in [0.717, 1.165) is 12.2 Å². The van der Waals surface area contributed by atoms with Crippen molar-refractivity contribution < 1.29 is 43.2 Å². The van der Waals surface area contributed by atoms with Gasteiger partial charge in [0.1, 0.15) is 0 Å². The maximum atomic E-state index is 12.6. The molecule has 0 fully saturated rings. The molecule has 1 aliphatic rings. The van der Waals surface area contributed by atoms with Crippen molar-refractivity contribution in [3.8, 4) is 0 Å². The predicted octanol–water partition coefficient (Wildman–Crippen LogP) is 3.50. The van der Waals surface area contributed by atoms with Gasteiger partial charge in [0, 0.05) is 37.6 Å². The van der Waals surface area contributed by atoms with Gasteiger partial charge in [-0.15, -0.1) is 0 Å². The van der Waals surface area contributed by atoms with Crippen molar-refractivity contribution in [1.82, 2.24) is 9.21 Å². The highest BCUT2D eigenvalue weighted by Gasteiger charge is 2.49. The average Bonchev–Trinajstić information content (AvgIpc) is 2.66. The minimum absolute atomic E-state index is 0.115. The van der Waals surface area contributed by atoms with Gasteiger partial charge < -0.3 is 4.90 Å². The molecule has 1 aliphatic heterocycles. The second-order valence-electron chi connectivity index (χ2n) is 5.87. The van der Waals surface area contributed by atoms with Crippen LogP contribution in [0.15, 0.2) is 52.9 Å². The number of sulfonamides is 2. The smallest absolute Gasteiger partial charge is 0.378 e. The Morgan fingerprint density at radius 1 is 1.00 bits per heavy atom. The van der Waals surface area contributed by atoms with Crippen LogP contribution in [0.4, 0.5) is 26.3 Å². The normalized spacial score (nSPS) is 17.3. The van der Waals surface area contributed by atoms with Crippen LogP contribution in [-0.2, 0) is 20.0 Å². The maximum Gasteiger partial charge on any atom is 0.518 e. The van der Waals surface area contributed by atoms with Crippen LogP contribution in [0.2, 0.25) is 0 Å². The number of alkyl halides is 6. The lowest BCUT2D eigenvalue weighted by atomic mass is 9.98. The SMILES string of the molecule is CCN(/C=C/C=C(/C=N\S(=O)(=O)C(F)(F)F)C1C=CN(S(=O)(=O)C(F)(F)F)C=C1)CC. The molecule has 0 aromatic carbocycles. The lowest BCUT2D eigenvalue weighted by Gasteiger charge is -2.22. The van der Waals surface area contributed by atoms with Crippen molar-refractivity contribution in [3.05, 3.63) is 48.5 Å². The number of rotatable bonds is 8. The first-order valence-electron chi connectivity index (χ1n) is 8.52. The van der Waals surface area contributed by atoms with Crippen LogP contribution in [0.25, 0.3) is 0 Å². The largest absolute Gasteiger partial charge is 0.518 e. The molecule has 0 radical (unpaired) electrons. The van der Waals surface area contributed by atoms with Crippen LogP contribution >= 0.6 is 0 Å².